The lowest BCUT2D eigenvalue weighted by Crippen LogP contribution is -2.06. The molecule has 0 aliphatic heterocycles. The van der Waals surface area contributed by atoms with Gasteiger partial charge >= 0.3 is 5.63 Å². The first-order valence-electron chi connectivity index (χ1n) is 6.64. The lowest BCUT2D eigenvalue weighted by Gasteiger charge is -2.11. The second kappa shape index (κ2) is 5.05. The van der Waals surface area contributed by atoms with Crippen molar-refractivity contribution in [2.75, 3.05) is 7.11 Å². The number of aromatic nitrogens is 1. The molecule has 3 rings (SSSR count). The van der Waals surface area contributed by atoms with Gasteiger partial charge in [-0.05, 0) is 43.2 Å². The minimum atomic E-state index is -0.314. The summed E-state index contributed by atoms with van der Waals surface area (Å²) in [6, 6.07) is 7.60. The van der Waals surface area contributed by atoms with E-state index in [4.69, 9.17) is 9.15 Å². The number of rotatable bonds is 2. The average molecular weight is 281 g/mol. The summed E-state index contributed by atoms with van der Waals surface area (Å²) in [7, 11) is 1.61. The molecule has 1 aromatic carbocycles. The zero-order valence-corrected chi connectivity index (χ0v) is 12.1. The molecule has 0 aliphatic carbocycles. The second-order valence-electron chi connectivity index (χ2n) is 4.93. The van der Waals surface area contributed by atoms with Crippen LogP contribution in [0.15, 0.2) is 45.9 Å². The molecular formula is C17H15NO3. The molecule has 2 aromatic heterocycles. The van der Waals surface area contributed by atoms with Gasteiger partial charge in [-0.3, -0.25) is 4.98 Å². The molecule has 0 aliphatic rings. The third-order valence-electron chi connectivity index (χ3n) is 3.73. The quantitative estimate of drug-likeness (QED) is 0.675. The van der Waals surface area contributed by atoms with Crippen LogP contribution in [-0.2, 0) is 0 Å². The Hall–Kier alpha value is -2.62. The van der Waals surface area contributed by atoms with E-state index in [0.717, 1.165) is 22.1 Å². The van der Waals surface area contributed by atoms with Gasteiger partial charge in [-0.25, -0.2) is 4.79 Å². The van der Waals surface area contributed by atoms with Crippen LogP contribution in [0.2, 0.25) is 0 Å². The Balaban J connectivity index is 2.38. The highest BCUT2D eigenvalue weighted by Crippen LogP contribution is 2.34. The predicted octanol–water partition coefficient (Wildman–Crippen LogP) is 3.48. The van der Waals surface area contributed by atoms with Crippen molar-refractivity contribution in [2.45, 2.75) is 13.8 Å². The van der Waals surface area contributed by atoms with Gasteiger partial charge in [0.25, 0.3) is 0 Å². The van der Waals surface area contributed by atoms with Crippen LogP contribution in [0.3, 0.4) is 0 Å². The molecule has 4 nitrogen and oxygen atoms in total. The lowest BCUT2D eigenvalue weighted by atomic mass is 10.0. The maximum atomic E-state index is 11.9. The zero-order chi connectivity index (χ0) is 15.0. The number of hydrogen-bond donors (Lipinski definition) is 0. The number of aryl methyl sites for hydroxylation is 1. The summed E-state index contributed by atoms with van der Waals surface area (Å²) in [6.45, 7) is 3.66. The van der Waals surface area contributed by atoms with Crippen LogP contribution in [0.25, 0.3) is 22.1 Å². The number of pyridine rings is 1. The second-order valence-corrected chi connectivity index (χ2v) is 4.93. The van der Waals surface area contributed by atoms with Crippen LogP contribution in [0.4, 0.5) is 0 Å². The van der Waals surface area contributed by atoms with E-state index in [2.05, 4.69) is 4.98 Å². The van der Waals surface area contributed by atoms with Crippen molar-refractivity contribution in [3.63, 3.8) is 0 Å². The molecule has 0 spiro atoms. The Labute approximate surface area is 122 Å². The van der Waals surface area contributed by atoms with Crippen molar-refractivity contribution in [3.05, 3.63) is 58.2 Å². The van der Waals surface area contributed by atoms with Gasteiger partial charge in [0, 0.05) is 23.5 Å². The Morgan fingerprint density at radius 1 is 1.14 bits per heavy atom. The van der Waals surface area contributed by atoms with Gasteiger partial charge in [0.2, 0.25) is 0 Å². The van der Waals surface area contributed by atoms with E-state index in [1.165, 1.54) is 0 Å². The topological polar surface area (TPSA) is 52.3 Å². The van der Waals surface area contributed by atoms with E-state index < -0.39 is 0 Å². The molecule has 3 aromatic rings. The predicted molar refractivity (Wildman–Crippen MR) is 81.7 cm³/mol. The Bertz CT molecular complexity index is 867. The standard InChI is InChI=1S/C17H15NO3/c1-10-11(2)17(19)21-15-8-13(7-14(20-3)16(10)15)12-5-4-6-18-9-12/h4-9H,1-3H3. The highest BCUT2D eigenvalue weighted by molar-refractivity contribution is 5.91. The van der Waals surface area contributed by atoms with E-state index in [0.29, 0.717) is 16.9 Å². The van der Waals surface area contributed by atoms with E-state index in [9.17, 15) is 4.79 Å². The number of hydrogen-bond acceptors (Lipinski definition) is 4. The van der Waals surface area contributed by atoms with Gasteiger partial charge in [0.05, 0.1) is 12.5 Å². The van der Waals surface area contributed by atoms with E-state index in [1.807, 2.05) is 31.2 Å². The molecule has 0 amide bonds. The van der Waals surface area contributed by atoms with Crippen molar-refractivity contribution in [2.24, 2.45) is 0 Å². The molecule has 0 saturated carbocycles. The van der Waals surface area contributed by atoms with E-state index >= 15 is 0 Å². The van der Waals surface area contributed by atoms with E-state index in [1.54, 1.807) is 26.4 Å². The molecule has 0 fully saturated rings. The Kier molecular flexibility index (Phi) is 3.22. The zero-order valence-electron chi connectivity index (χ0n) is 12.1. The molecule has 4 heteroatoms. The van der Waals surface area contributed by atoms with Crippen LogP contribution in [0.5, 0.6) is 5.75 Å². The SMILES string of the molecule is COc1cc(-c2cccnc2)cc2oc(=O)c(C)c(C)c12. The molecular weight excluding hydrogens is 266 g/mol. The van der Waals surface area contributed by atoms with Gasteiger partial charge in [0.1, 0.15) is 11.3 Å². The van der Waals surface area contributed by atoms with Crippen molar-refractivity contribution < 1.29 is 9.15 Å². The molecule has 0 N–H and O–H groups in total. The minimum absolute atomic E-state index is 0.314. The number of nitrogens with zero attached hydrogens (tertiary/aromatic N) is 1. The van der Waals surface area contributed by atoms with Gasteiger partial charge in [0.15, 0.2) is 0 Å². The monoisotopic (exact) mass is 281 g/mol. The number of benzene rings is 1. The summed E-state index contributed by atoms with van der Waals surface area (Å²) >= 11 is 0. The molecule has 21 heavy (non-hydrogen) atoms. The normalized spacial score (nSPS) is 10.8. The van der Waals surface area contributed by atoms with Gasteiger partial charge < -0.3 is 9.15 Å². The minimum Gasteiger partial charge on any atom is -0.496 e. The summed E-state index contributed by atoms with van der Waals surface area (Å²) in [6.07, 6.45) is 3.48. The van der Waals surface area contributed by atoms with Gasteiger partial charge in [-0.15, -0.1) is 0 Å². The van der Waals surface area contributed by atoms with Crippen LogP contribution in [0.1, 0.15) is 11.1 Å². The number of fused-ring (bicyclic) bond motifs is 1. The molecule has 0 bridgehead atoms. The van der Waals surface area contributed by atoms with Gasteiger partial charge in [-0.2, -0.15) is 0 Å². The molecule has 0 saturated heterocycles. The summed E-state index contributed by atoms with van der Waals surface area (Å²) in [4.78, 5) is 16.0. The van der Waals surface area contributed by atoms with Crippen LogP contribution < -0.4 is 10.4 Å². The highest BCUT2D eigenvalue weighted by Gasteiger charge is 2.14. The third-order valence-corrected chi connectivity index (χ3v) is 3.73. The number of ether oxygens (including phenoxy) is 1. The fourth-order valence-electron chi connectivity index (χ4n) is 2.42. The third kappa shape index (κ3) is 2.18. The van der Waals surface area contributed by atoms with Gasteiger partial charge in [-0.1, -0.05) is 6.07 Å². The largest absolute Gasteiger partial charge is 0.496 e. The van der Waals surface area contributed by atoms with Crippen molar-refractivity contribution in [1.29, 1.82) is 0 Å². The fraction of sp³-hybridized carbons (Fsp3) is 0.176. The molecule has 106 valence electrons. The van der Waals surface area contributed by atoms with Crippen molar-refractivity contribution in [1.82, 2.24) is 4.98 Å². The summed E-state index contributed by atoms with van der Waals surface area (Å²) in [5.74, 6) is 0.690. The molecule has 2 heterocycles. The van der Waals surface area contributed by atoms with Crippen molar-refractivity contribution in [3.8, 4) is 16.9 Å². The Morgan fingerprint density at radius 2 is 1.95 bits per heavy atom. The Morgan fingerprint density at radius 3 is 2.62 bits per heavy atom. The highest BCUT2D eigenvalue weighted by atomic mass is 16.5. The average Bonchev–Trinajstić information content (AvgIpc) is 2.52. The summed E-state index contributed by atoms with van der Waals surface area (Å²) < 4.78 is 10.9. The smallest absolute Gasteiger partial charge is 0.339 e. The molecule has 0 radical (unpaired) electrons. The first-order valence-corrected chi connectivity index (χ1v) is 6.64. The maximum absolute atomic E-state index is 11.9. The van der Waals surface area contributed by atoms with E-state index in [-0.39, 0.29) is 5.63 Å². The van der Waals surface area contributed by atoms with Crippen LogP contribution >= 0.6 is 0 Å². The fourth-order valence-corrected chi connectivity index (χ4v) is 2.42. The number of methoxy groups -OCH3 is 1. The molecule has 0 unspecified atom stereocenters. The maximum Gasteiger partial charge on any atom is 0.339 e. The summed E-state index contributed by atoms with van der Waals surface area (Å²) in [5, 5.41) is 0.835. The molecule has 0 atom stereocenters. The van der Waals surface area contributed by atoms with Crippen LogP contribution in [-0.4, -0.2) is 12.1 Å². The first-order chi connectivity index (χ1) is 10.1. The summed E-state index contributed by atoms with van der Waals surface area (Å²) in [5.41, 5.74) is 3.55. The first kappa shape index (κ1) is 13.4. The lowest BCUT2D eigenvalue weighted by molar-refractivity contribution is 0.418. The van der Waals surface area contributed by atoms with Crippen LogP contribution in [0, 0.1) is 13.8 Å². The van der Waals surface area contributed by atoms with Crippen molar-refractivity contribution >= 4 is 11.0 Å².